The number of hydrogen-bond donors (Lipinski definition) is 2. The molecule has 0 aliphatic rings. The number of aliphatic carboxylic acids is 1. The van der Waals surface area contributed by atoms with Crippen molar-refractivity contribution in [2.75, 3.05) is 14.2 Å². The highest BCUT2D eigenvalue weighted by Crippen LogP contribution is 2.33. The molecule has 2 N–H and O–H groups in total. The average Bonchev–Trinajstić information content (AvgIpc) is 2.46. The Morgan fingerprint density at radius 2 is 2.05 bits per heavy atom. The second kappa shape index (κ2) is 7.33. The van der Waals surface area contributed by atoms with Gasteiger partial charge in [0.25, 0.3) is 5.91 Å². The van der Waals surface area contributed by atoms with Crippen LogP contribution in [-0.2, 0) is 11.2 Å². The molecule has 0 saturated heterocycles. The Labute approximate surface area is 123 Å². The fourth-order valence-electron chi connectivity index (χ4n) is 1.82. The van der Waals surface area contributed by atoms with Gasteiger partial charge in [0.05, 0.1) is 14.2 Å². The Morgan fingerprint density at radius 3 is 2.52 bits per heavy atom. The SMILES string of the molecule is C=CCc1cc(C(=O)N[C@H](C)C(=O)O)cc(OC)c1OC. The third kappa shape index (κ3) is 3.98. The minimum absolute atomic E-state index is 0.303. The van der Waals surface area contributed by atoms with Crippen LogP contribution in [0, 0.1) is 0 Å². The van der Waals surface area contributed by atoms with E-state index in [1.54, 1.807) is 12.1 Å². The fourth-order valence-corrected chi connectivity index (χ4v) is 1.82. The molecule has 0 fully saturated rings. The molecule has 1 rings (SSSR count). The van der Waals surface area contributed by atoms with Gasteiger partial charge in [0.15, 0.2) is 11.5 Å². The van der Waals surface area contributed by atoms with Crippen LogP contribution in [0.1, 0.15) is 22.8 Å². The van der Waals surface area contributed by atoms with Gasteiger partial charge >= 0.3 is 5.97 Å². The lowest BCUT2D eigenvalue weighted by molar-refractivity contribution is -0.138. The van der Waals surface area contributed by atoms with E-state index < -0.39 is 17.9 Å². The van der Waals surface area contributed by atoms with Gasteiger partial charge in [-0.3, -0.25) is 9.59 Å². The molecule has 0 saturated carbocycles. The van der Waals surface area contributed by atoms with Crippen LogP contribution in [0.4, 0.5) is 0 Å². The number of carboxylic acid groups (broad SMARTS) is 1. The number of carbonyl (C=O) groups excluding carboxylic acids is 1. The van der Waals surface area contributed by atoms with Crippen LogP contribution in [0.2, 0.25) is 0 Å². The maximum absolute atomic E-state index is 12.1. The van der Waals surface area contributed by atoms with Crippen LogP contribution < -0.4 is 14.8 Å². The lowest BCUT2D eigenvalue weighted by Gasteiger charge is -2.15. The zero-order valence-electron chi connectivity index (χ0n) is 12.3. The maximum Gasteiger partial charge on any atom is 0.325 e. The number of benzene rings is 1. The van der Waals surface area contributed by atoms with Crippen molar-refractivity contribution in [1.29, 1.82) is 0 Å². The van der Waals surface area contributed by atoms with E-state index >= 15 is 0 Å². The quantitative estimate of drug-likeness (QED) is 0.746. The molecular formula is C15H19NO5. The molecule has 0 radical (unpaired) electrons. The normalized spacial score (nSPS) is 11.4. The van der Waals surface area contributed by atoms with Gasteiger partial charge in [0.1, 0.15) is 6.04 Å². The minimum Gasteiger partial charge on any atom is -0.493 e. The predicted octanol–water partition coefficient (Wildman–Crippen LogP) is 1.64. The molecule has 0 spiro atoms. The molecule has 114 valence electrons. The summed E-state index contributed by atoms with van der Waals surface area (Å²) < 4.78 is 10.5. The van der Waals surface area contributed by atoms with Crippen LogP contribution in [0.3, 0.4) is 0 Å². The van der Waals surface area contributed by atoms with E-state index in [0.29, 0.717) is 23.5 Å². The standard InChI is InChI=1S/C15H19NO5/c1-5-6-10-7-11(8-12(20-3)13(10)21-4)14(17)16-9(2)15(18)19/h5,7-9H,1,6H2,2-4H3,(H,16,17)(H,18,19)/t9-/m1/s1. The summed E-state index contributed by atoms with van der Waals surface area (Å²) in [6.07, 6.45) is 2.17. The van der Waals surface area contributed by atoms with Crippen molar-refractivity contribution in [2.45, 2.75) is 19.4 Å². The third-order valence-corrected chi connectivity index (χ3v) is 2.90. The smallest absolute Gasteiger partial charge is 0.325 e. The molecule has 1 aromatic rings. The predicted molar refractivity (Wildman–Crippen MR) is 78.0 cm³/mol. The number of allylic oxidation sites excluding steroid dienone is 1. The zero-order valence-corrected chi connectivity index (χ0v) is 12.3. The van der Waals surface area contributed by atoms with Gasteiger partial charge in [-0.15, -0.1) is 6.58 Å². The highest BCUT2D eigenvalue weighted by Gasteiger charge is 2.19. The number of carboxylic acids is 1. The van der Waals surface area contributed by atoms with Crippen LogP contribution in [0.5, 0.6) is 11.5 Å². The molecule has 0 bridgehead atoms. The molecule has 0 aliphatic carbocycles. The molecule has 6 nitrogen and oxygen atoms in total. The molecule has 0 unspecified atom stereocenters. The summed E-state index contributed by atoms with van der Waals surface area (Å²) in [7, 11) is 2.98. The molecule has 1 atom stereocenters. The summed E-state index contributed by atoms with van der Waals surface area (Å²) in [4.78, 5) is 22.9. The Bertz CT molecular complexity index is 553. The van der Waals surface area contributed by atoms with Gasteiger partial charge in [-0.2, -0.15) is 0 Å². The molecule has 0 aromatic heterocycles. The summed E-state index contributed by atoms with van der Waals surface area (Å²) in [5.74, 6) is -0.656. The lowest BCUT2D eigenvalue weighted by atomic mass is 10.0. The van der Waals surface area contributed by atoms with Crippen molar-refractivity contribution >= 4 is 11.9 Å². The largest absolute Gasteiger partial charge is 0.493 e. The number of ether oxygens (including phenoxy) is 2. The van der Waals surface area contributed by atoms with Gasteiger partial charge in [0.2, 0.25) is 0 Å². The summed E-state index contributed by atoms with van der Waals surface area (Å²) in [5.41, 5.74) is 1.04. The Hall–Kier alpha value is -2.50. The Morgan fingerprint density at radius 1 is 1.38 bits per heavy atom. The number of carbonyl (C=O) groups is 2. The first-order valence-corrected chi connectivity index (χ1v) is 6.34. The lowest BCUT2D eigenvalue weighted by Crippen LogP contribution is -2.38. The molecular weight excluding hydrogens is 274 g/mol. The van der Waals surface area contributed by atoms with Gasteiger partial charge in [-0.1, -0.05) is 6.08 Å². The van der Waals surface area contributed by atoms with Crippen molar-refractivity contribution in [3.05, 3.63) is 35.9 Å². The summed E-state index contributed by atoms with van der Waals surface area (Å²) >= 11 is 0. The van der Waals surface area contributed by atoms with Gasteiger partial charge in [-0.25, -0.2) is 0 Å². The summed E-state index contributed by atoms with van der Waals surface area (Å²) in [6, 6.07) is 2.16. The Balaban J connectivity index is 3.18. The van der Waals surface area contributed by atoms with Crippen LogP contribution in [0.25, 0.3) is 0 Å². The highest BCUT2D eigenvalue weighted by molar-refractivity contribution is 5.97. The van der Waals surface area contributed by atoms with E-state index in [-0.39, 0.29) is 0 Å². The minimum atomic E-state index is -1.10. The zero-order chi connectivity index (χ0) is 16.0. The van der Waals surface area contributed by atoms with Crippen LogP contribution in [0.15, 0.2) is 24.8 Å². The molecule has 1 amide bonds. The number of nitrogens with one attached hydrogen (secondary N) is 1. The van der Waals surface area contributed by atoms with Crippen LogP contribution >= 0.6 is 0 Å². The van der Waals surface area contributed by atoms with Crippen molar-refractivity contribution in [3.8, 4) is 11.5 Å². The Kier molecular flexibility index (Phi) is 5.78. The van der Waals surface area contributed by atoms with E-state index in [1.807, 2.05) is 0 Å². The first-order chi connectivity index (χ1) is 9.94. The first-order valence-electron chi connectivity index (χ1n) is 6.34. The fraction of sp³-hybridized carbons (Fsp3) is 0.333. The van der Waals surface area contributed by atoms with Gasteiger partial charge in [0, 0.05) is 11.1 Å². The average molecular weight is 293 g/mol. The first kappa shape index (κ1) is 16.6. The van der Waals surface area contributed by atoms with E-state index in [9.17, 15) is 9.59 Å². The third-order valence-electron chi connectivity index (χ3n) is 2.90. The van der Waals surface area contributed by atoms with Crippen molar-refractivity contribution in [1.82, 2.24) is 5.32 Å². The second-order valence-corrected chi connectivity index (χ2v) is 4.40. The number of amides is 1. The van der Waals surface area contributed by atoms with Gasteiger partial charge < -0.3 is 19.9 Å². The molecule has 21 heavy (non-hydrogen) atoms. The topological polar surface area (TPSA) is 84.9 Å². The molecule has 0 heterocycles. The number of rotatable bonds is 7. The number of hydrogen-bond acceptors (Lipinski definition) is 4. The van der Waals surface area contributed by atoms with Crippen LogP contribution in [-0.4, -0.2) is 37.2 Å². The highest BCUT2D eigenvalue weighted by atomic mass is 16.5. The van der Waals surface area contributed by atoms with E-state index in [1.165, 1.54) is 27.2 Å². The molecule has 1 aromatic carbocycles. The monoisotopic (exact) mass is 293 g/mol. The second-order valence-electron chi connectivity index (χ2n) is 4.40. The summed E-state index contributed by atoms with van der Waals surface area (Å²) in [6.45, 7) is 5.05. The molecule has 0 aliphatic heterocycles. The van der Waals surface area contributed by atoms with Crippen molar-refractivity contribution in [3.63, 3.8) is 0 Å². The van der Waals surface area contributed by atoms with E-state index in [2.05, 4.69) is 11.9 Å². The number of methoxy groups -OCH3 is 2. The molecule has 6 heteroatoms. The maximum atomic E-state index is 12.1. The van der Waals surface area contributed by atoms with Crippen molar-refractivity contribution in [2.24, 2.45) is 0 Å². The van der Waals surface area contributed by atoms with Gasteiger partial charge in [-0.05, 0) is 25.5 Å². The van der Waals surface area contributed by atoms with E-state index in [0.717, 1.165) is 5.56 Å². The summed E-state index contributed by atoms with van der Waals surface area (Å²) in [5, 5.41) is 11.2. The van der Waals surface area contributed by atoms with Crippen molar-refractivity contribution < 1.29 is 24.2 Å². The van der Waals surface area contributed by atoms with E-state index in [4.69, 9.17) is 14.6 Å².